The van der Waals surface area contributed by atoms with E-state index in [1.807, 2.05) is 48.2 Å². The van der Waals surface area contributed by atoms with E-state index >= 15 is 0 Å². The van der Waals surface area contributed by atoms with Crippen molar-refractivity contribution in [2.24, 2.45) is 5.73 Å². The number of hydrogen-bond acceptors (Lipinski definition) is 4. The molecule has 1 saturated heterocycles. The first kappa shape index (κ1) is 18.4. The summed E-state index contributed by atoms with van der Waals surface area (Å²) in [4.78, 5) is 14.9. The van der Waals surface area contributed by atoms with Crippen LogP contribution in [-0.4, -0.2) is 49.8 Å². The third-order valence-electron chi connectivity index (χ3n) is 4.69. The minimum Gasteiger partial charge on any atom is -0.490 e. The lowest BCUT2D eigenvalue weighted by Crippen LogP contribution is -2.32. The molecule has 1 amide bonds. The zero-order chi connectivity index (χ0) is 18.4. The van der Waals surface area contributed by atoms with Gasteiger partial charge in [-0.1, -0.05) is 42.5 Å². The summed E-state index contributed by atoms with van der Waals surface area (Å²) < 4.78 is 11.1. The first-order valence-corrected chi connectivity index (χ1v) is 9.10. The number of hydrogen-bond donors (Lipinski definition) is 1. The summed E-state index contributed by atoms with van der Waals surface area (Å²) in [5.74, 6) is 0.714. The highest BCUT2D eigenvalue weighted by molar-refractivity contribution is 5.97. The smallest absolute Gasteiger partial charge is 0.257 e. The Morgan fingerprint density at radius 3 is 2.58 bits per heavy atom. The molecule has 2 aromatic rings. The molecule has 0 unspecified atom stereocenters. The van der Waals surface area contributed by atoms with Crippen molar-refractivity contribution in [3.8, 4) is 5.75 Å². The molecule has 0 aromatic heterocycles. The minimum atomic E-state index is -0.0626. The van der Waals surface area contributed by atoms with E-state index in [-0.39, 0.29) is 17.9 Å². The van der Waals surface area contributed by atoms with Gasteiger partial charge in [0.15, 0.2) is 0 Å². The maximum absolute atomic E-state index is 13.0. The lowest BCUT2D eigenvalue weighted by Gasteiger charge is -2.18. The topological polar surface area (TPSA) is 64.8 Å². The monoisotopic (exact) mass is 354 g/mol. The number of carbonyl (C=O) groups is 1. The van der Waals surface area contributed by atoms with Gasteiger partial charge in [-0.15, -0.1) is 0 Å². The second kappa shape index (κ2) is 8.83. The Labute approximate surface area is 154 Å². The van der Waals surface area contributed by atoms with Crippen molar-refractivity contribution in [2.45, 2.75) is 18.9 Å². The lowest BCUT2D eigenvalue weighted by molar-refractivity contribution is 0.0778. The Hall–Kier alpha value is -2.37. The molecule has 26 heavy (non-hydrogen) atoms. The molecule has 3 rings (SSSR count). The van der Waals surface area contributed by atoms with E-state index in [9.17, 15) is 4.79 Å². The van der Waals surface area contributed by atoms with E-state index < -0.39 is 0 Å². The Morgan fingerprint density at radius 2 is 1.81 bits per heavy atom. The van der Waals surface area contributed by atoms with Gasteiger partial charge in [0.25, 0.3) is 5.91 Å². The lowest BCUT2D eigenvalue weighted by atomic mass is 9.95. The van der Waals surface area contributed by atoms with E-state index in [1.165, 1.54) is 5.56 Å². The highest BCUT2D eigenvalue weighted by Crippen LogP contribution is 2.29. The largest absolute Gasteiger partial charge is 0.490 e. The molecule has 138 valence electrons. The van der Waals surface area contributed by atoms with Crippen LogP contribution in [0.25, 0.3) is 0 Å². The molecule has 0 spiro atoms. The van der Waals surface area contributed by atoms with E-state index in [2.05, 4.69) is 12.1 Å². The number of benzene rings is 2. The molecule has 2 N–H and O–H groups in total. The van der Waals surface area contributed by atoms with Crippen LogP contribution in [0.2, 0.25) is 0 Å². The van der Waals surface area contributed by atoms with Gasteiger partial charge >= 0.3 is 0 Å². The van der Waals surface area contributed by atoms with Crippen LogP contribution in [0, 0.1) is 0 Å². The normalized spacial score (nSPS) is 19.5. The summed E-state index contributed by atoms with van der Waals surface area (Å²) >= 11 is 0. The molecule has 1 aliphatic heterocycles. The number of amides is 1. The first-order chi connectivity index (χ1) is 12.7. The second-order valence-electron chi connectivity index (χ2n) is 6.43. The van der Waals surface area contributed by atoms with Crippen LogP contribution in [0.4, 0.5) is 0 Å². The molecule has 1 aliphatic rings. The zero-order valence-electron chi connectivity index (χ0n) is 15.1. The van der Waals surface area contributed by atoms with Crippen LogP contribution in [0.5, 0.6) is 5.75 Å². The molecule has 2 atom stereocenters. The van der Waals surface area contributed by atoms with Crippen molar-refractivity contribution in [2.75, 3.05) is 32.9 Å². The molecule has 1 fully saturated rings. The van der Waals surface area contributed by atoms with Gasteiger partial charge in [0.1, 0.15) is 12.4 Å². The van der Waals surface area contributed by atoms with E-state index in [1.54, 1.807) is 6.07 Å². The number of rotatable bonds is 7. The number of nitrogens with zero attached hydrogens (tertiary/aromatic N) is 1. The predicted octanol–water partition coefficient (Wildman–Crippen LogP) is 2.67. The summed E-state index contributed by atoms with van der Waals surface area (Å²) in [6, 6.07) is 17.4. The van der Waals surface area contributed by atoms with Crippen LogP contribution >= 0.6 is 0 Å². The minimum absolute atomic E-state index is 0.0362. The van der Waals surface area contributed by atoms with Crippen LogP contribution < -0.4 is 10.5 Å². The van der Waals surface area contributed by atoms with Gasteiger partial charge < -0.3 is 20.1 Å². The highest BCUT2D eigenvalue weighted by atomic mass is 16.5. The summed E-state index contributed by atoms with van der Waals surface area (Å²) in [6.07, 6.45) is 0. The van der Waals surface area contributed by atoms with Gasteiger partial charge in [-0.3, -0.25) is 4.79 Å². The number of likely N-dealkylation sites (tertiary alicyclic amines) is 1. The van der Waals surface area contributed by atoms with Gasteiger partial charge in [-0.05, 0) is 24.6 Å². The third-order valence-corrected chi connectivity index (χ3v) is 4.69. The van der Waals surface area contributed by atoms with E-state index in [4.69, 9.17) is 15.2 Å². The third kappa shape index (κ3) is 4.23. The summed E-state index contributed by atoms with van der Waals surface area (Å²) in [7, 11) is 0. The standard InChI is InChI=1S/C21H26N2O3/c1-2-25-12-13-26-20-11-7-6-10-17(20)21(24)23-14-18(19(22)15-23)16-8-4-3-5-9-16/h3-11,18-19H,2,12-15,22H2,1H3/t18-,19+/m0/s1. The summed E-state index contributed by atoms with van der Waals surface area (Å²) in [6.45, 7) is 4.69. The first-order valence-electron chi connectivity index (χ1n) is 9.10. The molecule has 2 aromatic carbocycles. The number of nitrogens with two attached hydrogens (primary N) is 1. The molecular weight excluding hydrogens is 328 g/mol. The van der Waals surface area contributed by atoms with Gasteiger partial charge in [0, 0.05) is 31.7 Å². The average molecular weight is 354 g/mol. The Balaban J connectivity index is 1.70. The van der Waals surface area contributed by atoms with Gasteiger partial charge in [-0.2, -0.15) is 0 Å². The van der Waals surface area contributed by atoms with Crippen LogP contribution in [0.1, 0.15) is 28.8 Å². The molecule has 1 heterocycles. The number of para-hydroxylation sites is 1. The fraction of sp³-hybridized carbons (Fsp3) is 0.381. The molecular formula is C21H26N2O3. The van der Waals surface area contributed by atoms with Crippen molar-refractivity contribution >= 4 is 5.91 Å². The summed E-state index contributed by atoms with van der Waals surface area (Å²) in [5, 5.41) is 0. The Kier molecular flexibility index (Phi) is 6.26. The maximum atomic E-state index is 13.0. The van der Waals surface area contributed by atoms with Crippen molar-refractivity contribution in [3.63, 3.8) is 0 Å². The fourth-order valence-corrected chi connectivity index (χ4v) is 3.34. The molecule has 0 radical (unpaired) electrons. The van der Waals surface area contributed by atoms with Crippen LogP contribution in [-0.2, 0) is 4.74 Å². The quantitative estimate of drug-likeness (QED) is 0.777. The fourth-order valence-electron chi connectivity index (χ4n) is 3.34. The van der Waals surface area contributed by atoms with Gasteiger partial charge in [0.2, 0.25) is 0 Å². The highest BCUT2D eigenvalue weighted by Gasteiger charge is 2.34. The van der Waals surface area contributed by atoms with E-state index in [0.29, 0.717) is 44.2 Å². The van der Waals surface area contributed by atoms with Crippen molar-refractivity contribution in [3.05, 3.63) is 65.7 Å². The predicted molar refractivity (Wildman–Crippen MR) is 101 cm³/mol. The molecule has 0 bridgehead atoms. The average Bonchev–Trinajstić information content (AvgIpc) is 3.07. The number of ether oxygens (including phenoxy) is 2. The zero-order valence-corrected chi connectivity index (χ0v) is 15.1. The Bertz CT molecular complexity index is 720. The SMILES string of the molecule is CCOCCOc1ccccc1C(=O)N1C[C@@H](N)[C@H](c2ccccc2)C1. The second-order valence-corrected chi connectivity index (χ2v) is 6.43. The van der Waals surface area contributed by atoms with Crippen LogP contribution in [0.3, 0.4) is 0 Å². The molecule has 0 saturated carbocycles. The van der Waals surface area contributed by atoms with E-state index in [0.717, 1.165) is 0 Å². The van der Waals surface area contributed by atoms with Crippen molar-refractivity contribution in [1.82, 2.24) is 4.90 Å². The number of carbonyl (C=O) groups excluding carboxylic acids is 1. The van der Waals surface area contributed by atoms with Crippen molar-refractivity contribution < 1.29 is 14.3 Å². The molecule has 5 heteroatoms. The summed E-state index contributed by atoms with van der Waals surface area (Å²) in [5.41, 5.74) is 8.08. The maximum Gasteiger partial charge on any atom is 0.257 e. The Morgan fingerprint density at radius 1 is 1.08 bits per heavy atom. The van der Waals surface area contributed by atoms with Crippen molar-refractivity contribution in [1.29, 1.82) is 0 Å². The van der Waals surface area contributed by atoms with Gasteiger partial charge in [-0.25, -0.2) is 0 Å². The van der Waals surface area contributed by atoms with Gasteiger partial charge in [0.05, 0.1) is 12.2 Å². The molecule has 0 aliphatic carbocycles. The molecule has 5 nitrogen and oxygen atoms in total. The van der Waals surface area contributed by atoms with Crippen LogP contribution in [0.15, 0.2) is 54.6 Å².